The van der Waals surface area contributed by atoms with Crippen molar-refractivity contribution in [2.75, 3.05) is 26.2 Å². The van der Waals surface area contributed by atoms with Crippen LogP contribution in [0.15, 0.2) is 20.2 Å². The normalized spacial score (nSPS) is 19.7. The Morgan fingerprint density at radius 1 is 1.05 bits per heavy atom. The predicted molar refractivity (Wildman–Crippen MR) is 92.7 cm³/mol. The van der Waals surface area contributed by atoms with Crippen molar-refractivity contribution in [1.82, 2.24) is 10.6 Å². The van der Waals surface area contributed by atoms with E-state index in [4.69, 9.17) is 5.26 Å². The van der Waals surface area contributed by atoms with Gasteiger partial charge in [-0.3, -0.25) is 9.98 Å². The number of nitriles is 1. The maximum absolute atomic E-state index is 9.03. The third-order valence-electron chi connectivity index (χ3n) is 3.38. The summed E-state index contributed by atoms with van der Waals surface area (Å²) in [7, 11) is 0. The van der Waals surface area contributed by atoms with Crippen molar-refractivity contribution in [2.24, 2.45) is 20.2 Å². The van der Waals surface area contributed by atoms with Gasteiger partial charge in [0.25, 0.3) is 0 Å². The molecule has 0 saturated heterocycles. The fraction of sp³-hybridized carbons (Fsp3) is 0.769. The van der Waals surface area contributed by atoms with Gasteiger partial charge in [-0.1, -0.05) is 0 Å². The first kappa shape index (κ1) is 20.6. The number of nitrogens with one attached hydrogen (secondary N) is 2. The molecule has 2 aliphatic rings. The molecule has 2 rings (SSSR count). The molecule has 2 N–H and O–H groups in total. The van der Waals surface area contributed by atoms with Gasteiger partial charge in [-0.25, -0.2) is 0 Å². The molecule has 0 aliphatic carbocycles. The lowest BCUT2D eigenvalue weighted by atomic mass is 9.98. The van der Waals surface area contributed by atoms with Crippen LogP contribution in [0.4, 0.5) is 0 Å². The van der Waals surface area contributed by atoms with Crippen molar-refractivity contribution in [3.63, 3.8) is 0 Å². The minimum Gasteiger partial charge on any atom is -0.370 e. The Morgan fingerprint density at radius 3 is 2.05 bits per heavy atom. The van der Waals surface area contributed by atoms with E-state index < -0.39 is 11.1 Å². The van der Waals surface area contributed by atoms with Crippen molar-refractivity contribution in [3.8, 4) is 6.07 Å². The third-order valence-corrected chi connectivity index (χ3v) is 3.38. The zero-order valence-corrected chi connectivity index (χ0v) is 14.7. The van der Waals surface area contributed by atoms with E-state index in [1.165, 1.54) is 0 Å². The summed E-state index contributed by atoms with van der Waals surface area (Å²) >= 11 is 0. The van der Waals surface area contributed by atoms with Gasteiger partial charge in [0, 0.05) is 13.1 Å². The SMILES string of the molecule is CC(C)(N=NC(C)(CC#N)C1=NCCN1)C1=NCCN1.Cl.Cl. The Kier molecular flexibility index (Phi) is 7.77. The number of halogens is 2. The molecule has 1 atom stereocenters. The van der Waals surface area contributed by atoms with Crippen molar-refractivity contribution < 1.29 is 0 Å². The maximum atomic E-state index is 9.03. The number of nitrogens with zero attached hydrogens (tertiary/aromatic N) is 5. The highest BCUT2D eigenvalue weighted by molar-refractivity contribution is 5.93. The lowest BCUT2D eigenvalue weighted by Crippen LogP contribution is -2.42. The molecule has 22 heavy (non-hydrogen) atoms. The van der Waals surface area contributed by atoms with Crippen LogP contribution < -0.4 is 10.6 Å². The molecular weight excluding hydrogens is 325 g/mol. The summed E-state index contributed by atoms with van der Waals surface area (Å²) in [5, 5.41) is 24.3. The number of azo groups is 1. The molecule has 0 bridgehead atoms. The first-order chi connectivity index (χ1) is 9.48. The van der Waals surface area contributed by atoms with E-state index in [-0.39, 0.29) is 31.2 Å². The summed E-state index contributed by atoms with van der Waals surface area (Å²) in [6.07, 6.45) is 0.248. The average Bonchev–Trinajstić information content (AvgIpc) is 3.09. The molecule has 0 aromatic rings. The molecule has 124 valence electrons. The lowest BCUT2D eigenvalue weighted by Gasteiger charge is -2.25. The molecular formula is C13H23Cl2N7. The van der Waals surface area contributed by atoms with Gasteiger partial charge in [-0.05, 0) is 20.8 Å². The van der Waals surface area contributed by atoms with E-state index in [1.54, 1.807) is 0 Å². The second kappa shape index (κ2) is 8.30. The average molecular weight is 348 g/mol. The van der Waals surface area contributed by atoms with Gasteiger partial charge in [0.15, 0.2) is 0 Å². The van der Waals surface area contributed by atoms with E-state index >= 15 is 0 Å². The molecule has 0 aromatic carbocycles. The summed E-state index contributed by atoms with van der Waals surface area (Å²) in [6, 6.07) is 2.17. The van der Waals surface area contributed by atoms with Crippen molar-refractivity contribution in [3.05, 3.63) is 0 Å². The van der Waals surface area contributed by atoms with Crippen molar-refractivity contribution >= 4 is 36.5 Å². The molecule has 0 aromatic heterocycles. The standard InChI is InChI=1S/C13H21N7.2ClH/c1-12(2,10-15-6-7-16-10)19-20-13(3,4-5-14)11-17-8-9-18-11;;/h4,6-9H2,1-3H3,(H,15,16)(H,17,18);2*1H. The molecule has 0 amide bonds. The summed E-state index contributed by atoms with van der Waals surface area (Å²) in [4.78, 5) is 8.77. The Bertz CT molecular complexity index is 507. The highest BCUT2D eigenvalue weighted by atomic mass is 35.5. The largest absolute Gasteiger partial charge is 0.370 e. The van der Waals surface area contributed by atoms with Gasteiger partial charge >= 0.3 is 0 Å². The summed E-state index contributed by atoms with van der Waals surface area (Å²) < 4.78 is 0. The molecule has 1 unspecified atom stereocenters. The number of hydrogen-bond acceptors (Lipinski definition) is 7. The summed E-state index contributed by atoms with van der Waals surface area (Å²) in [5.41, 5.74) is -1.21. The van der Waals surface area contributed by atoms with Crippen LogP contribution in [0.5, 0.6) is 0 Å². The first-order valence-corrected chi connectivity index (χ1v) is 6.86. The Hall–Kier alpha value is -1.39. The first-order valence-electron chi connectivity index (χ1n) is 6.86. The highest BCUT2D eigenvalue weighted by Crippen LogP contribution is 2.22. The van der Waals surface area contributed by atoms with Gasteiger partial charge in [0.2, 0.25) is 0 Å². The van der Waals surface area contributed by atoms with Crippen LogP contribution in [-0.2, 0) is 0 Å². The molecule has 9 heteroatoms. The molecule has 2 heterocycles. The predicted octanol–water partition coefficient (Wildman–Crippen LogP) is 1.74. The number of rotatable bonds is 5. The quantitative estimate of drug-likeness (QED) is 0.741. The van der Waals surface area contributed by atoms with Crippen LogP contribution >= 0.6 is 24.8 Å². The maximum Gasteiger partial charge on any atom is 0.148 e. The van der Waals surface area contributed by atoms with E-state index in [0.717, 1.165) is 37.9 Å². The fourth-order valence-electron chi connectivity index (χ4n) is 2.17. The summed E-state index contributed by atoms with van der Waals surface area (Å²) in [6.45, 7) is 8.95. The second-order valence-corrected chi connectivity index (χ2v) is 5.68. The Balaban J connectivity index is 0.00000220. The van der Waals surface area contributed by atoms with Crippen LogP contribution in [0.2, 0.25) is 0 Å². The van der Waals surface area contributed by atoms with Crippen LogP contribution in [0.1, 0.15) is 27.2 Å². The Morgan fingerprint density at radius 2 is 1.59 bits per heavy atom. The lowest BCUT2D eigenvalue weighted by molar-refractivity contribution is 0.530. The van der Waals surface area contributed by atoms with E-state index in [0.29, 0.717) is 0 Å². The third kappa shape index (κ3) is 4.55. The molecule has 7 nitrogen and oxygen atoms in total. The zero-order chi connectivity index (χ0) is 14.6. The monoisotopic (exact) mass is 347 g/mol. The molecule has 0 spiro atoms. The van der Waals surface area contributed by atoms with Crippen LogP contribution in [-0.4, -0.2) is 48.9 Å². The van der Waals surface area contributed by atoms with Gasteiger partial charge < -0.3 is 10.6 Å². The number of amidine groups is 2. The van der Waals surface area contributed by atoms with Crippen molar-refractivity contribution in [1.29, 1.82) is 5.26 Å². The van der Waals surface area contributed by atoms with E-state index in [1.807, 2.05) is 20.8 Å². The van der Waals surface area contributed by atoms with Gasteiger partial charge in [0.1, 0.15) is 22.7 Å². The minimum absolute atomic E-state index is 0. The minimum atomic E-state index is -0.707. The van der Waals surface area contributed by atoms with E-state index in [9.17, 15) is 0 Å². The van der Waals surface area contributed by atoms with Crippen LogP contribution in [0, 0.1) is 11.3 Å². The molecule has 0 radical (unpaired) electrons. The molecule has 0 fully saturated rings. The van der Waals surface area contributed by atoms with Gasteiger partial charge in [-0.15, -0.1) is 24.8 Å². The number of aliphatic imine (C=N–C) groups is 2. The second-order valence-electron chi connectivity index (χ2n) is 5.68. The van der Waals surface area contributed by atoms with Crippen molar-refractivity contribution in [2.45, 2.75) is 38.3 Å². The topological polar surface area (TPSA) is 97.3 Å². The fourth-order valence-corrected chi connectivity index (χ4v) is 2.17. The summed E-state index contributed by atoms with van der Waals surface area (Å²) in [5.74, 6) is 1.60. The highest BCUT2D eigenvalue weighted by Gasteiger charge is 2.35. The molecule has 2 aliphatic heterocycles. The van der Waals surface area contributed by atoms with Gasteiger partial charge in [0.05, 0.1) is 25.6 Å². The zero-order valence-electron chi connectivity index (χ0n) is 13.1. The number of hydrogen-bond donors (Lipinski definition) is 2. The Labute approximate surface area is 143 Å². The van der Waals surface area contributed by atoms with Crippen LogP contribution in [0.25, 0.3) is 0 Å². The van der Waals surface area contributed by atoms with Gasteiger partial charge in [-0.2, -0.15) is 15.5 Å². The van der Waals surface area contributed by atoms with Crippen LogP contribution in [0.3, 0.4) is 0 Å². The smallest absolute Gasteiger partial charge is 0.148 e. The van der Waals surface area contributed by atoms with E-state index in [2.05, 4.69) is 36.9 Å². The molecule has 0 saturated carbocycles.